The Hall–Kier alpha value is -3.04. The Labute approximate surface area is 210 Å². The molecule has 0 radical (unpaired) electrons. The number of hydrogen-bond acceptors (Lipinski definition) is 4. The molecule has 1 aliphatic heterocycles. The number of halogens is 3. The van der Waals surface area contributed by atoms with Crippen LogP contribution in [0.2, 0.25) is 0 Å². The number of rotatable bonds is 6. The van der Waals surface area contributed by atoms with Gasteiger partial charge in [0.15, 0.2) is 6.61 Å². The van der Waals surface area contributed by atoms with Gasteiger partial charge in [-0.25, -0.2) is 8.78 Å². The summed E-state index contributed by atoms with van der Waals surface area (Å²) in [6, 6.07) is 18.1. The van der Waals surface area contributed by atoms with E-state index in [1.807, 2.05) is 12.1 Å². The van der Waals surface area contributed by atoms with E-state index in [1.54, 1.807) is 30.3 Å². The van der Waals surface area contributed by atoms with Crippen molar-refractivity contribution < 1.29 is 18.3 Å². The van der Waals surface area contributed by atoms with E-state index in [0.717, 1.165) is 42.4 Å². The van der Waals surface area contributed by atoms with E-state index in [4.69, 9.17) is 17.0 Å². The third-order valence-corrected chi connectivity index (χ3v) is 6.42. The number of nitrogens with zero attached hydrogens (tertiary/aromatic N) is 2. The Morgan fingerprint density at radius 1 is 0.971 bits per heavy atom. The molecule has 34 heavy (non-hydrogen) atoms. The highest BCUT2D eigenvalue weighted by atomic mass is 79.9. The average molecular weight is 546 g/mol. The van der Waals surface area contributed by atoms with Crippen LogP contribution >= 0.6 is 28.1 Å². The largest absolute Gasteiger partial charge is 0.484 e. The Morgan fingerprint density at radius 2 is 1.65 bits per heavy atom. The van der Waals surface area contributed by atoms with Crippen LogP contribution < -0.4 is 15.0 Å². The molecular weight excluding hydrogens is 524 g/mol. The third-order valence-electron chi connectivity index (χ3n) is 5.44. The van der Waals surface area contributed by atoms with Crippen molar-refractivity contribution >= 4 is 50.4 Å². The fraction of sp³-hybridized carbons (Fsp3) is 0.200. The molecule has 5 nitrogen and oxygen atoms in total. The number of nitrogens with one attached hydrogen (secondary N) is 1. The van der Waals surface area contributed by atoms with Gasteiger partial charge in [-0.05, 0) is 66.7 Å². The third kappa shape index (κ3) is 6.09. The van der Waals surface area contributed by atoms with Gasteiger partial charge in [0.25, 0.3) is 5.91 Å². The van der Waals surface area contributed by atoms with E-state index in [9.17, 15) is 13.6 Å². The second-order valence-electron chi connectivity index (χ2n) is 7.74. The molecule has 3 aromatic carbocycles. The molecule has 1 aliphatic rings. The summed E-state index contributed by atoms with van der Waals surface area (Å²) in [6.07, 6.45) is 0. The summed E-state index contributed by atoms with van der Waals surface area (Å²) in [7, 11) is 0. The molecule has 0 unspecified atom stereocenters. The number of hydrogen-bond donors (Lipinski definition) is 1. The molecule has 1 heterocycles. The zero-order chi connectivity index (χ0) is 24.1. The van der Waals surface area contributed by atoms with Crippen LogP contribution in [0, 0.1) is 11.6 Å². The van der Waals surface area contributed by atoms with Gasteiger partial charge >= 0.3 is 0 Å². The number of thiocarbonyl (C=S) groups is 1. The van der Waals surface area contributed by atoms with Crippen LogP contribution in [0.15, 0.2) is 71.2 Å². The average Bonchev–Trinajstić information content (AvgIpc) is 2.85. The Kier molecular flexibility index (Phi) is 7.74. The van der Waals surface area contributed by atoms with Crippen LogP contribution in [0.3, 0.4) is 0 Å². The minimum Gasteiger partial charge on any atom is -0.484 e. The quantitative estimate of drug-likeness (QED) is 0.429. The lowest BCUT2D eigenvalue weighted by atomic mass is 10.1. The maximum absolute atomic E-state index is 13.9. The Balaban J connectivity index is 1.26. The van der Waals surface area contributed by atoms with E-state index in [1.165, 1.54) is 24.3 Å². The minimum absolute atomic E-state index is 0.0945. The lowest BCUT2D eigenvalue weighted by Crippen LogP contribution is -2.48. The monoisotopic (exact) mass is 545 g/mol. The van der Waals surface area contributed by atoms with Crippen molar-refractivity contribution in [2.24, 2.45) is 0 Å². The SMILES string of the molecule is O=C(COc1ccc(C(=S)N2CCN(c3ccc(F)cc3)CC2)cc1)Nc1ccc(Br)cc1F. The summed E-state index contributed by atoms with van der Waals surface area (Å²) in [5.74, 6) is -0.715. The van der Waals surface area contributed by atoms with E-state index >= 15 is 0 Å². The molecule has 0 atom stereocenters. The van der Waals surface area contributed by atoms with Crippen LogP contribution in [0.1, 0.15) is 5.56 Å². The standard InChI is InChI=1S/C25H22BrF2N3O2S/c26-18-3-10-23(22(28)15-18)29-24(32)16-33-21-8-1-17(2-9-21)25(34)31-13-11-30(12-14-31)20-6-4-19(27)5-7-20/h1-10,15H,11-14,16H2,(H,29,32). The van der Waals surface area contributed by atoms with Crippen molar-refractivity contribution in [2.75, 3.05) is 43.0 Å². The molecule has 1 N–H and O–H groups in total. The maximum atomic E-state index is 13.9. The number of ether oxygens (including phenoxy) is 1. The van der Waals surface area contributed by atoms with Gasteiger partial charge in [0.2, 0.25) is 0 Å². The zero-order valence-corrected chi connectivity index (χ0v) is 20.5. The van der Waals surface area contributed by atoms with Gasteiger partial charge in [-0.15, -0.1) is 0 Å². The fourth-order valence-electron chi connectivity index (χ4n) is 3.62. The second kappa shape index (κ2) is 10.9. The Morgan fingerprint density at radius 3 is 2.29 bits per heavy atom. The first-order valence-corrected chi connectivity index (χ1v) is 11.9. The van der Waals surface area contributed by atoms with Crippen molar-refractivity contribution in [1.29, 1.82) is 0 Å². The molecule has 1 amide bonds. The van der Waals surface area contributed by atoms with Crippen molar-refractivity contribution in [2.45, 2.75) is 0 Å². The number of benzene rings is 3. The fourth-order valence-corrected chi connectivity index (χ4v) is 4.27. The number of anilines is 2. The van der Waals surface area contributed by atoms with E-state index in [2.05, 4.69) is 31.0 Å². The van der Waals surface area contributed by atoms with Gasteiger partial charge in [0.1, 0.15) is 22.4 Å². The van der Waals surface area contributed by atoms with Gasteiger partial charge < -0.3 is 19.9 Å². The van der Waals surface area contributed by atoms with Gasteiger partial charge in [-0.1, -0.05) is 28.1 Å². The van der Waals surface area contributed by atoms with Crippen molar-refractivity contribution in [3.63, 3.8) is 0 Å². The smallest absolute Gasteiger partial charge is 0.262 e. The first-order valence-electron chi connectivity index (χ1n) is 10.7. The summed E-state index contributed by atoms with van der Waals surface area (Å²) in [4.78, 5) is 17.2. The van der Waals surface area contributed by atoms with Gasteiger partial charge in [0, 0.05) is 41.9 Å². The number of carbonyl (C=O) groups is 1. The lowest BCUT2D eigenvalue weighted by molar-refractivity contribution is -0.118. The van der Waals surface area contributed by atoms with Crippen LogP contribution in [0.25, 0.3) is 0 Å². The second-order valence-corrected chi connectivity index (χ2v) is 9.04. The van der Waals surface area contributed by atoms with Crippen molar-refractivity contribution in [3.05, 3.63) is 88.4 Å². The molecule has 4 rings (SSSR count). The summed E-state index contributed by atoms with van der Waals surface area (Å²) >= 11 is 8.85. The summed E-state index contributed by atoms with van der Waals surface area (Å²) in [5.41, 5.74) is 1.98. The van der Waals surface area contributed by atoms with E-state index < -0.39 is 11.7 Å². The first kappa shape index (κ1) is 24.1. The van der Waals surface area contributed by atoms with Crippen molar-refractivity contribution in [3.8, 4) is 5.75 Å². The zero-order valence-electron chi connectivity index (χ0n) is 18.1. The summed E-state index contributed by atoms with van der Waals surface area (Å²) in [5, 5.41) is 2.49. The van der Waals surface area contributed by atoms with E-state index in [-0.39, 0.29) is 18.1 Å². The van der Waals surface area contributed by atoms with Gasteiger partial charge in [0.05, 0.1) is 5.69 Å². The van der Waals surface area contributed by atoms with E-state index in [0.29, 0.717) is 10.2 Å². The predicted molar refractivity (Wildman–Crippen MR) is 137 cm³/mol. The van der Waals surface area contributed by atoms with Crippen LogP contribution in [-0.4, -0.2) is 48.6 Å². The van der Waals surface area contributed by atoms with Crippen LogP contribution in [0.4, 0.5) is 20.2 Å². The molecule has 0 aliphatic carbocycles. The topological polar surface area (TPSA) is 44.8 Å². The first-order chi connectivity index (χ1) is 16.4. The molecule has 0 bridgehead atoms. The van der Waals surface area contributed by atoms with Gasteiger partial charge in [-0.2, -0.15) is 0 Å². The normalized spacial score (nSPS) is 13.5. The predicted octanol–water partition coefficient (Wildman–Crippen LogP) is 5.24. The lowest BCUT2D eigenvalue weighted by Gasteiger charge is -2.37. The molecular formula is C25H22BrF2N3O2S. The molecule has 176 valence electrons. The van der Waals surface area contributed by atoms with Crippen LogP contribution in [-0.2, 0) is 4.79 Å². The molecule has 1 fully saturated rings. The maximum Gasteiger partial charge on any atom is 0.262 e. The Bertz CT molecular complexity index is 1170. The molecule has 3 aromatic rings. The highest BCUT2D eigenvalue weighted by Crippen LogP contribution is 2.21. The van der Waals surface area contributed by atoms with Crippen LogP contribution in [0.5, 0.6) is 5.75 Å². The molecule has 0 spiro atoms. The summed E-state index contributed by atoms with van der Waals surface area (Å²) in [6.45, 7) is 2.87. The number of amides is 1. The number of piperazine rings is 1. The molecule has 0 saturated carbocycles. The highest BCUT2D eigenvalue weighted by molar-refractivity contribution is 9.10. The summed E-state index contributed by atoms with van der Waals surface area (Å²) < 4.78 is 33.1. The molecule has 0 aromatic heterocycles. The van der Waals surface area contributed by atoms with Crippen molar-refractivity contribution in [1.82, 2.24) is 4.90 Å². The number of carbonyl (C=O) groups excluding carboxylic acids is 1. The molecule has 9 heteroatoms. The van der Waals surface area contributed by atoms with Gasteiger partial charge in [-0.3, -0.25) is 4.79 Å². The highest BCUT2D eigenvalue weighted by Gasteiger charge is 2.20. The molecule has 1 saturated heterocycles. The minimum atomic E-state index is -0.529.